The second-order valence-corrected chi connectivity index (χ2v) is 7.31. The quantitative estimate of drug-likeness (QED) is 0.498. The normalized spacial score (nSPS) is 11.7. The van der Waals surface area contributed by atoms with Gasteiger partial charge in [-0.2, -0.15) is 0 Å². The van der Waals surface area contributed by atoms with E-state index < -0.39 is 5.41 Å². The number of hydrogen-bond donors (Lipinski definition) is 2. The van der Waals surface area contributed by atoms with E-state index >= 15 is 0 Å². The lowest BCUT2D eigenvalue weighted by atomic mass is 9.80. The van der Waals surface area contributed by atoms with Crippen LogP contribution < -0.4 is 0 Å². The molecule has 0 saturated carbocycles. The number of aromatic amines is 2. The van der Waals surface area contributed by atoms with Gasteiger partial charge < -0.3 is 9.97 Å². The molecule has 1 aromatic heterocycles. The van der Waals surface area contributed by atoms with Gasteiger partial charge in [0.1, 0.15) is 5.82 Å². The lowest BCUT2D eigenvalue weighted by molar-refractivity contribution is 0.621. The maximum Gasteiger partial charge on any atom is 0.175 e. The first kappa shape index (κ1) is 17.2. The van der Waals surface area contributed by atoms with E-state index in [0.717, 1.165) is 22.5 Å². The second-order valence-electron chi connectivity index (χ2n) is 6.09. The van der Waals surface area contributed by atoms with Crippen molar-refractivity contribution in [1.82, 2.24) is 9.97 Å². The van der Waals surface area contributed by atoms with E-state index in [-0.39, 0.29) is 5.82 Å². The Morgan fingerprint density at radius 3 is 2.25 bits per heavy atom. The van der Waals surface area contributed by atoms with Gasteiger partial charge in [0.25, 0.3) is 0 Å². The maximum absolute atomic E-state index is 13.2. The molecule has 2 aromatic carbocycles. The summed E-state index contributed by atoms with van der Waals surface area (Å²) in [5.74, 6) is -0.279. The number of nitrogens with one attached hydrogen (secondary N) is 2. The Bertz CT molecular complexity index is 942. The molecular weight excluding hydrogens is 366 g/mol. The highest BCUT2D eigenvalue weighted by atomic mass is 35.5. The van der Waals surface area contributed by atoms with Gasteiger partial charge in [-0.25, -0.2) is 4.39 Å². The predicted molar refractivity (Wildman–Crippen MR) is 100.0 cm³/mol. The Balaban J connectivity index is 2.16. The predicted octanol–water partition coefficient (Wildman–Crippen LogP) is 6.51. The standard InChI is InChI=1S/C18H15Cl2FN2S/c1-18(2,11-5-8-13(19)14(20)9-11)16-15(22-17(24)23-16)10-3-6-12(21)7-4-10/h3-9H,1-2H3,(H2,22,23,24). The molecule has 0 spiro atoms. The fraction of sp³-hybridized carbons (Fsp3) is 0.167. The van der Waals surface area contributed by atoms with Crippen LogP contribution in [0.1, 0.15) is 25.1 Å². The zero-order valence-electron chi connectivity index (χ0n) is 13.1. The lowest BCUT2D eigenvalue weighted by Crippen LogP contribution is -2.20. The molecule has 0 saturated heterocycles. The van der Waals surface area contributed by atoms with Crippen molar-refractivity contribution >= 4 is 35.4 Å². The Morgan fingerprint density at radius 1 is 0.958 bits per heavy atom. The Kier molecular flexibility index (Phi) is 4.56. The van der Waals surface area contributed by atoms with Crippen LogP contribution in [-0.2, 0) is 5.41 Å². The lowest BCUT2D eigenvalue weighted by Gasteiger charge is -2.26. The van der Waals surface area contributed by atoms with E-state index in [1.54, 1.807) is 18.2 Å². The van der Waals surface area contributed by atoms with Crippen LogP contribution in [0.25, 0.3) is 11.3 Å². The van der Waals surface area contributed by atoms with Crippen molar-refractivity contribution in [2.75, 3.05) is 0 Å². The van der Waals surface area contributed by atoms with Gasteiger partial charge in [-0.05, 0) is 54.2 Å². The summed E-state index contributed by atoms with van der Waals surface area (Å²) in [5.41, 5.74) is 3.16. The molecule has 0 atom stereocenters. The first-order valence-electron chi connectivity index (χ1n) is 7.33. The number of rotatable bonds is 3. The van der Waals surface area contributed by atoms with Crippen molar-refractivity contribution in [3.63, 3.8) is 0 Å². The number of aromatic nitrogens is 2. The summed E-state index contributed by atoms with van der Waals surface area (Å²) in [6.07, 6.45) is 0. The van der Waals surface area contributed by atoms with Crippen molar-refractivity contribution < 1.29 is 4.39 Å². The molecule has 0 unspecified atom stereocenters. The Hall–Kier alpha value is -1.62. The third-order valence-corrected chi connectivity index (χ3v) is 5.07. The van der Waals surface area contributed by atoms with Crippen LogP contribution >= 0.6 is 35.4 Å². The number of H-pyrrole nitrogens is 2. The van der Waals surface area contributed by atoms with Gasteiger partial charge in [0.05, 0.1) is 21.4 Å². The zero-order valence-corrected chi connectivity index (χ0v) is 15.4. The van der Waals surface area contributed by atoms with Gasteiger partial charge in [0.15, 0.2) is 4.77 Å². The molecule has 2 N–H and O–H groups in total. The van der Waals surface area contributed by atoms with E-state index in [2.05, 4.69) is 23.8 Å². The summed E-state index contributed by atoms with van der Waals surface area (Å²) in [4.78, 5) is 6.38. The smallest absolute Gasteiger partial charge is 0.175 e. The van der Waals surface area contributed by atoms with E-state index in [9.17, 15) is 4.39 Å². The van der Waals surface area contributed by atoms with Crippen molar-refractivity contribution in [1.29, 1.82) is 0 Å². The Labute approximate surface area is 154 Å². The fourth-order valence-electron chi connectivity index (χ4n) is 2.71. The van der Waals surface area contributed by atoms with Crippen LogP contribution in [0.2, 0.25) is 10.0 Å². The zero-order chi connectivity index (χ0) is 17.5. The summed E-state index contributed by atoms with van der Waals surface area (Å²) < 4.78 is 13.7. The third kappa shape index (κ3) is 3.14. The monoisotopic (exact) mass is 380 g/mol. The summed E-state index contributed by atoms with van der Waals surface area (Å²) in [5, 5.41) is 1.01. The molecule has 0 aliphatic heterocycles. The number of benzene rings is 2. The van der Waals surface area contributed by atoms with Gasteiger partial charge in [0, 0.05) is 11.0 Å². The second kappa shape index (κ2) is 6.36. The highest BCUT2D eigenvalue weighted by Crippen LogP contribution is 2.38. The van der Waals surface area contributed by atoms with Crippen LogP contribution in [-0.4, -0.2) is 9.97 Å². The SMILES string of the molecule is CC(C)(c1ccc(Cl)c(Cl)c1)c1[nH]c(=S)[nH]c1-c1ccc(F)cc1. The summed E-state index contributed by atoms with van der Waals surface area (Å²) in [7, 11) is 0. The minimum absolute atomic E-state index is 0.279. The highest BCUT2D eigenvalue weighted by molar-refractivity contribution is 7.71. The minimum Gasteiger partial charge on any atom is -0.333 e. The molecule has 0 bridgehead atoms. The van der Waals surface area contributed by atoms with Crippen LogP contribution in [0.15, 0.2) is 42.5 Å². The molecule has 2 nitrogen and oxygen atoms in total. The molecule has 0 aliphatic rings. The van der Waals surface area contributed by atoms with Crippen molar-refractivity contribution in [2.24, 2.45) is 0 Å². The number of halogens is 3. The van der Waals surface area contributed by atoms with Crippen LogP contribution in [0.5, 0.6) is 0 Å². The first-order valence-corrected chi connectivity index (χ1v) is 8.49. The van der Waals surface area contributed by atoms with Crippen molar-refractivity contribution in [3.8, 4) is 11.3 Å². The summed E-state index contributed by atoms with van der Waals surface area (Å²) in [6.45, 7) is 4.13. The average molecular weight is 381 g/mol. The number of imidazole rings is 1. The van der Waals surface area contributed by atoms with E-state index in [1.165, 1.54) is 12.1 Å². The highest BCUT2D eigenvalue weighted by Gasteiger charge is 2.29. The largest absolute Gasteiger partial charge is 0.333 e. The average Bonchev–Trinajstić information content (AvgIpc) is 2.93. The molecule has 0 amide bonds. The van der Waals surface area contributed by atoms with E-state index in [1.807, 2.05) is 12.1 Å². The van der Waals surface area contributed by atoms with E-state index in [4.69, 9.17) is 35.4 Å². The molecule has 1 heterocycles. The minimum atomic E-state index is -0.411. The molecule has 3 aromatic rings. The Morgan fingerprint density at radius 2 is 1.62 bits per heavy atom. The van der Waals surface area contributed by atoms with Gasteiger partial charge in [-0.3, -0.25) is 0 Å². The van der Waals surface area contributed by atoms with Crippen LogP contribution in [0, 0.1) is 10.6 Å². The molecule has 0 radical (unpaired) electrons. The van der Waals surface area contributed by atoms with Crippen molar-refractivity contribution in [2.45, 2.75) is 19.3 Å². The molecular formula is C18H15Cl2FN2S. The molecule has 0 aliphatic carbocycles. The van der Waals surface area contributed by atoms with Crippen molar-refractivity contribution in [3.05, 3.63) is 74.4 Å². The van der Waals surface area contributed by atoms with Gasteiger partial charge in [-0.15, -0.1) is 0 Å². The summed E-state index contributed by atoms with van der Waals surface area (Å²) in [6, 6.07) is 11.9. The van der Waals surface area contributed by atoms with E-state index in [0.29, 0.717) is 14.8 Å². The fourth-order valence-corrected chi connectivity index (χ4v) is 3.22. The van der Waals surface area contributed by atoms with Gasteiger partial charge >= 0.3 is 0 Å². The molecule has 3 rings (SSSR count). The van der Waals surface area contributed by atoms with Crippen LogP contribution in [0.3, 0.4) is 0 Å². The topological polar surface area (TPSA) is 31.6 Å². The third-order valence-electron chi connectivity index (χ3n) is 4.13. The molecule has 124 valence electrons. The van der Waals surface area contributed by atoms with Gasteiger partial charge in [-0.1, -0.05) is 43.1 Å². The number of hydrogen-bond acceptors (Lipinski definition) is 1. The van der Waals surface area contributed by atoms with Crippen LogP contribution in [0.4, 0.5) is 4.39 Å². The maximum atomic E-state index is 13.2. The molecule has 0 fully saturated rings. The molecule has 6 heteroatoms. The summed E-state index contributed by atoms with van der Waals surface area (Å²) >= 11 is 17.5. The molecule has 24 heavy (non-hydrogen) atoms. The van der Waals surface area contributed by atoms with Gasteiger partial charge in [0.2, 0.25) is 0 Å². The first-order chi connectivity index (χ1) is 11.3.